The first kappa shape index (κ1) is 15.2. The lowest BCUT2D eigenvalue weighted by atomic mass is 10.2. The van der Waals surface area contributed by atoms with Gasteiger partial charge >= 0.3 is 0 Å². The van der Waals surface area contributed by atoms with Crippen LogP contribution in [0.2, 0.25) is 10.0 Å². The van der Waals surface area contributed by atoms with E-state index in [4.69, 9.17) is 28.9 Å². The summed E-state index contributed by atoms with van der Waals surface area (Å²) in [5, 5.41) is 4.21. The molecule has 0 aliphatic rings. The average Bonchev–Trinajstić information content (AvgIpc) is 2.39. The molecule has 0 unspecified atom stereocenters. The predicted octanol–water partition coefficient (Wildman–Crippen LogP) is 4.47. The van der Waals surface area contributed by atoms with Gasteiger partial charge in [-0.15, -0.1) is 0 Å². The number of nitrogens with two attached hydrogens (primary N) is 1. The van der Waals surface area contributed by atoms with Crippen molar-refractivity contribution in [1.82, 2.24) is 0 Å². The standard InChI is InChI=1S/C14H11BrCl2N2O/c15-12-4-1-9(16)5-8(12)7-19-10-2-3-11(14(18)20)13(17)6-10/h1-6,19H,7H2,(H2,18,20). The van der Waals surface area contributed by atoms with E-state index in [2.05, 4.69) is 21.2 Å². The molecule has 0 heterocycles. The number of anilines is 1. The smallest absolute Gasteiger partial charge is 0.250 e. The average molecular weight is 374 g/mol. The first-order valence-electron chi connectivity index (χ1n) is 5.74. The van der Waals surface area contributed by atoms with Crippen LogP contribution in [0.1, 0.15) is 15.9 Å². The van der Waals surface area contributed by atoms with E-state index in [-0.39, 0.29) is 0 Å². The molecule has 0 fully saturated rings. The maximum Gasteiger partial charge on any atom is 0.250 e. The Kier molecular flexibility index (Phi) is 4.91. The molecular weight excluding hydrogens is 363 g/mol. The molecule has 1 amide bonds. The van der Waals surface area contributed by atoms with E-state index in [1.807, 2.05) is 18.2 Å². The summed E-state index contributed by atoms with van der Waals surface area (Å²) in [5.41, 5.74) is 7.33. The van der Waals surface area contributed by atoms with Crippen molar-refractivity contribution in [3.63, 3.8) is 0 Å². The number of hydrogen-bond donors (Lipinski definition) is 2. The van der Waals surface area contributed by atoms with Crippen LogP contribution >= 0.6 is 39.1 Å². The third-order valence-corrected chi connectivity index (χ3v) is 4.05. The Balaban J connectivity index is 2.13. The summed E-state index contributed by atoms with van der Waals surface area (Å²) in [6, 6.07) is 10.6. The van der Waals surface area contributed by atoms with Crippen LogP contribution in [-0.2, 0) is 6.54 Å². The van der Waals surface area contributed by atoms with Crippen LogP contribution in [0.15, 0.2) is 40.9 Å². The van der Waals surface area contributed by atoms with Gasteiger partial charge in [-0.3, -0.25) is 4.79 Å². The van der Waals surface area contributed by atoms with E-state index in [9.17, 15) is 4.79 Å². The van der Waals surface area contributed by atoms with Crippen molar-refractivity contribution < 1.29 is 4.79 Å². The molecule has 0 atom stereocenters. The lowest BCUT2D eigenvalue weighted by Gasteiger charge is -2.10. The van der Waals surface area contributed by atoms with Crippen LogP contribution in [-0.4, -0.2) is 5.91 Å². The van der Waals surface area contributed by atoms with E-state index in [1.54, 1.807) is 18.2 Å². The van der Waals surface area contributed by atoms with Gasteiger partial charge in [-0.05, 0) is 42.0 Å². The maximum absolute atomic E-state index is 11.1. The van der Waals surface area contributed by atoms with Crippen molar-refractivity contribution in [3.8, 4) is 0 Å². The molecule has 0 aromatic heterocycles. The van der Waals surface area contributed by atoms with Crippen molar-refractivity contribution in [2.75, 3.05) is 5.32 Å². The lowest BCUT2D eigenvalue weighted by molar-refractivity contribution is 0.100. The number of hydrogen-bond acceptors (Lipinski definition) is 2. The third kappa shape index (κ3) is 3.66. The topological polar surface area (TPSA) is 55.1 Å². The summed E-state index contributed by atoms with van der Waals surface area (Å²) in [7, 11) is 0. The number of rotatable bonds is 4. The molecule has 104 valence electrons. The number of nitrogens with one attached hydrogen (secondary N) is 1. The van der Waals surface area contributed by atoms with Crippen molar-refractivity contribution in [3.05, 3.63) is 62.0 Å². The molecule has 0 radical (unpaired) electrons. The predicted molar refractivity (Wildman–Crippen MR) is 86.4 cm³/mol. The Morgan fingerprint density at radius 2 is 1.95 bits per heavy atom. The first-order valence-corrected chi connectivity index (χ1v) is 7.29. The molecule has 0 aliphatic heterocycles. The van der Waals surface area contributed by atoms with Crippen molar-refractivity contribution in [1.29, 1.82) is 0 Å². The van der Waals surface area contributed by atoms with Gasteiger partial charge in [-0.25, -0.2) is 0 Å². The zero-order chi connectivity index (χ0) is 14.7. The van der Waals surface area contributed by atoms with Gasteiger partial charge in [-0.1, -0.05) is 39.1 Å². The molecule has 0 spiro atoms. The molecule has 0 saturated carbocycles. The molecule has 2 aromatic carbocycles. The summed E-state index contributed by atoms with van der Waals surface area (Å²) < 4.78 is 0.967. The molecular formula is C14H11BrCl2N2O. The number of carbonyl (C=O) groups excluding carboxylic acids is 1. The largest absolute Gasteiger partial charge is 0.381 e. The second-order valence-corrected chi connectivity index (χ2v) is 5.85. The minimum atomic E-state index is -0.542. The monoisotopic (exact) mass is 372 g/mol. The summed E-state index contributed by atoms with van der Waals surface area (Å²) in [6.45, 7) is 0.577. The maximum atomic E-state index is 11.1. The van der Waals surface area contributed by atoms with Gasteiger partial charge in [0.05, 0.1) is 10.6 Å². The van der Waals surface area contributed by atoms with Crippen LogP contribution in [0, 0.1) is 0 Å². The van der Waals surface area contributed by atoms with Crippen molar-refractivity contribution >= 4 is 50.7 Å². The zero-order valence-electron chi connectivity index (χ0n) is 10.3. The van der Waals surface area contributed by atoms with Crippen LogP contribution < -0.4 is 11.1 Å². The first-order chi connectivity index (χ1) is 9.47. The highest BCUT2D eigenvalue weighted by atomic mass is 79.9. The van der Waals surface area contributed by atoms with Crippen molar-refractivity contribution in [2.24, 2.45) is 5.73 Å². The fraction of sp³-hybridized carbons (Fsp3) is 0.0714. The fourth-order valence-corrected chi connectivity index (χ4v) is 2.56. The van der Waals surface area contributed by atoms with Crippen LogP contribution in [0.25, 0.3) is 0 Å². The van der Waals surface area contributed by atoms with Gasteiger partial charge in [0, 0.05) is 21.7 Å². The minimum Gasteiger partial charge on any atom is -0.381 e. The Hall–Kier alpha value is -1.23. The lowest BCUT2D eigenvalue weighted by Crippen LogP contribution is -2.11. The van der Waals surface area contributed by atoms with Gasteiger partial charge in [0.2, 0.25) is 5.91 Å². The Morgan fingerprint density at radius 1 is 1.20 bits per heavy atom. The van der Waals surface area contributed by atoms with Crippen molar-refractivity contribution in [2.45, 2.75) is 6.54 Å². The van der Waals surface area contributed by atoms with E-state index in [0.29, 0.717) is 22.2 Å². The van der Waals surface area contributed by atoms with Crippen LogP contribution in [0.3, 0.4) is 0 Å². The number of halogens is 3. The molecule has 0 saturated heterocycles. The summed E-state index contributed by atoms with van der Waals surface area (Å²) >= 11 is 15.4. The molecule has 2 aromatic rings. The molecule has 0 bridgehead atoms. The van der Waals surface area contributed by atoms with Gasteiger partial charge in [0.1, 0.15) is 0 Å². The third-order valence-electron chi connectivity index (χ3n) is 2.73. The molecule has 3 N–H and O–H groups in total. The molecule has 2 rings (SSSR count). The van der Waals surface area contributed by atoms with E-state index < -0.39 is 5.91 Å². The Labute approximate surface area is 135 Å². The molecule has 20 heavy (non-hydrogen) atoms. The van der Waals surface area contributed by atoms with Gasteiger partial charge in [0.15, 0.2) is 0 Å². The van der Waals surface area contributed by atoms with Gasteiger partial charge < -0.3 is 11.1 Å². The van der Waals surface area contributed by atoms with Gasteiger partial charge in [0.25, 0.3) is 0 Å². The molecule has 3 nitrogen and oxygen atoms in total. The summed E-state index contributed by atoms with van der Waals surface area (Å²) in [6.07, 6.45) is 0. The highest BCUT2D eigenvalue weighted by molar-refractivity contribution is 9.10. The SMILES string of the molecule is NC(=O)c1ccc(NCc2cc(Cl)ccc2Br)cc1Cl. The number of amides is 1. The number of carbonyl (C=O) groups is 1. The Bertz CT molecular complexity index is 662. The zero-order valence-corrected chi connectivity index (χ0v) is 13.4. The summed E-state index contributed by atoms with van der Waals surface area (Å²) in [4.78, 5) is 11.1. The van der Waals surface area contributed by atoms with E-state index >= 15 is 0 Å². The Morgan fingerprint density at radius 3 is 2.60 bits per heavy atom. The normalized spacial score (nSPS) is 10.3. The molecule has 0 aliphatic carbocycles. The van der Waals surface area contributed by atoms with Crippen LogP contribution in [0.5, 0.6) is 0 Å². The van der Waals surface area contributed by atoms with Crippen LogP contribution in [0.4, 0.5) is 5.69 Å². The number of benzene rings is 2. The second-order valence-electron chi connectivity index (χ2n) is 4.15. The summed E-state index contributed by atoms with van der Waals surface area (Å²) in [5.74, 6) is -0.542. The highest BCUT2D eigenvalue weighted by Gasteiger charge is 2.07. The number of primary amides is 1. The minimum absolute atomic E-state index is 0.307. The van der Waals surface area contributed by atoms with E-state index in [0.717, 1.165) is 15.7 Å². The van der Waals surface area contributed by atoms with E-state index in [1.165, 1.54) is 0 Å². The fourth-order valence-electron chi connectivity index (χ4n) is 1.70. The highest BCUT2D eigenvalue weighted by Crippen LogP contribution is 2.24. The quantitative estimate of drug-likeness (QED) is 0.830. The van der Waals surface area contributed by atoms with Gasteiger partial charge in [-0.2, -0.15) is 0 Å². The molecule has 6 heteroatoms. The second kappa shape index (κ2) is 6.48.